The van der Waals surface area contributed by atoms with Crippen molar-refractivity contribution in [2.45, 2.75) is 25.4 Å². The van der Waals surface area contributed by atoms with E-state index in [1.165, 1.54) is 5.56 Å². The van der Waals surface area contributed by atoms with Gasteiger partial charge in [0.1, 0.15) is 11.6 Å². The zero-order chi connectivity index (χ0) is 23.7. The number of ether oxygens (including phenoxy) is 1. The van der Waals surface area contributed by atoms with E-state index in [4.69, 9.17) is 10.5 Å². The van der Waals surface area contributed by atoms with Crippen LogP contribution in [-0.4, -0.2) is 38.8 Å². The van der Waals surface area contributed by atoms with Crippen molar-refractivity contribution in [3.8, 4) is 5.75 Å². The van der Waals surface area contributed by atoms with E-state index in [9.17, 15) is 4.79 Å². The van der Waals surface area contributed by atoms with Crippen LogP contribution in [0.2, 0.25) is 0 Å². The maximum atomic E-state index is 12.0. The summed E-state index contributed by atoms with van der Waals surface area (Å²) in [5.41, 5.74) is 7.66. The summed E-state index contributed by atoms with van der Waals surface area (Å²) in [5, 5.41) is 11.1. The number of hydrogen-bond acceptors (Lipinski definition) is 7. The van der Waals surface area contributed by atoms with E-state index in [-0.39, 0.29) is 29.7 Å². The summed E-state index contributed by atoms with van der Waals surface area (Å²) < 4.78 is 7.89. The fraction of sp³-hybridized carbons (Fsp3) is 0.333. The molecule has 2 bridgehead atoms. The number of fused-ring (bicyclic) bond motifs is 2. The van der Waals surface area contributed by atoms with Gasteiger partial charge in [-0.3, -0.25) is 9.48 Å². The van der Waals surface area contributed by atoms with Crippen molar-refractivity contribution >= 4 is 39.3 Å². The van der Waals surface area contributed by atoms with Crippen molar-refractivity contribution < 1.29 is 9.53 Å². The minimum Gasteiger partial charge on any atom is -0.497 e. The molecule has 10 heteroatoms. The number of methoxy groups -OCH3 is 1. The molecule has 5 rings (SSSR count). The van der Waals surface area contributed by atoms with Gasteiger partial charge in [0.2, 0.25) is 11.9 Å². The molecule has 0 aliphatic heterocycles. The van der Waals surface area contributed by atoms with Crippen LogP contribution in [0, 0.1) is 17.8 Å². The van der Waals surface area contributed by atoms with Crippen LogP contribution in [0.4, 0.5) is 17.5 Å². The summed E-state index contributed by atoms with van der Waals surface area (Å²) in [7, 11) is 1.67. The lowest BCUT2D eigenvalue weighted by Crippen LogP contribution is -2.41. The van der Waals surface area contributed by atoms with Crippen LogP contribution in [-0.2, 0) is 17.8 Å². The van der Waals surface area contributed by atoms with Crippen molar-refractivity contribution in [3.63, 3.8) is 0 Å². The van der Waals surface area contributed by atoms with E-state index in [0.717, 1.165) is 35.3 Å². The Morgan fingerprint density at radius 3 is 2.97 bits per heavy atom. The predicted octanol–water partition coefficient (Wildman–Crippen LogP) is 3.52. The molecule has 176 valence electrons. The lowest BCUT2D eigenvalue weighted by atomic mass is 9.88. The molecule has 3 aromatic rings. The maximum absolute atomic E-state index is 12.0. The number of nitrogens with two attached hydrogens (primary N) is 1. The van der Waals surface area contributed by atoms with Gasteiger partial charge in [-0.25, -0.2) is 4.98 Å². The van der Waals surface area contributed by atoms with E-state index in [2.05, 4.69) is 59.8 Å². The van der Waals surface area contributed by atoms with Gasteiger partial charge < -0.3 is 21.1 Å². The van der Waals surface area contributed by atoms with Gasteiger partial charge >= 0.3 is 0 Å². The monoisotopic (exact) mass is 523 g/mol. The van der Waals surface area contributed by atoms with E-state index in [1.807, 2.05) is 29.1 Å². The molecule has 2 aromatic heterocycles. The molecule has 2 aliphatic rings. The lowest BCUT2D eigenvalue weighted by Gasteiger charge is -2.27. The van der Waals surface area contributed by atoms with Gasteiger partial charge in [0.25, 0.3) is 0 Å². The van der Waals surface area contributed by atoms with Gasteiger partial charge in [-0.05, 0) is 58.3 Å². The van der Waals surface area contributed by atoms with Crippen LogP contribution in [0.5, 0.6) is 5.75 Å². The Balaban J connectivity index is 1.24. The third-order valence-electron chi connectivity index (χ3n) is 6.49. The molecule has 0 unspecified atom stereocenters. The fourth-order valence-corrected chi connectivity index (χ4v) is 5.15. The number of halogens is 1. The molecule has 1 aromatic carbocycles. The van der Waals surface area contributed by atoms with Crippen molar-refractivity contribution in [2.24, 2.45) is 23.5 Å². The first-order valence-corrected chi connectivity index (χ1v) is 12.0. The second-order valence-corrected chi connectivity index (χ2v) is 9.51. The second-order valence-electron chi connectivity index (χ2n) is 8.66. The summed E-state index contributed by atoms with van der Waals surface area (Å²) in [6.45, 7) is 0.731. The number of nitrogens with zero attached hydrogens (tertiary/aromatic N) is 4. The first kappa shape index (κ1) is 22.4. The van der Waals surface area contributed by atoms with Crippen LogP contribution in [0.15, 0.2) is 59.5 Å². The summed E-state index contributed by atoms with van der Waals surface area (Å²) in [6.07, 6.45) is 11.4. The molecule has 0 saturated heterocycles. The Hall–Kier alpha value is -3.40. The van der Waals surface area contributed by atoms with Crippen molar-refractivity contribution in [2.75, 3.05) is 17.7 Å². The van der Waals surface area contributed by atoms with Gasteiger partial charge in [0, 0.05) is 25.0 Å². The Bertz CT molecular complexity index is 1230. The topological polar surface area (TPSA) is 120 Å². The molecule has 1 amide bonds. The number of benzene rings is 1. The number of nitrogens with one attached hydrogen (secondary N) is 2. The van der Waals surface area contributed by atoms with E-state index < -0.39 is 0 Å². The SMILES string of the molecule is COc1cccc(CCn2cc(Nc3ncc(Br)c(N[C@H]4[C@@H](C(N)=O)[C@@H]5C=C[C@H]4C5)n3)cn2)c1. The highest BCUT2D eigenvalue weighted by Crippen LogP contribution is 2.45. The Morgan fingerprint density at radius 2 is 2.15 bits per heavy atom. The second kappa shape index (κ2) is 9.46. The Morgan fingerprint density at radius 1 is 1.29 bits per heavy atom. The van der Waals surface area contributed by atoms with Crippen LogP contribution in [0.25, 0.3) is 0 Å². The number of primary amides is 1. The molecule has 4 atom stereocenters. The van der Waals surface area contributed by atoms with Crippen molar-refractivity contribution in [3.05, 3.63) is 65.0 Å². The van der Waals surface area contributed by atoms with Gasteiger partial charge in [0.05, 0.1) is 29.4 Å². The third-order valence-corrected chi connectivity index (χ3v) is 7.07. The first-order chi connectivity index (χ1) is 16.5. The number of carbonyl (C=O) groups excluding carboxylic acids is 1. The van der Waals surface area contributed by atoms with E-state index in [0.29, 0.717) is 11.8 Å². The van der Waals surface area contributed by atoms with Gasteiger partial charge in [-0.2, -0.15) is 10.1 Å². The van der Waals surface area contributed by atoms with Gasteiger partial charge in [-0.1, -0.05) is 24.3 Å². The molecule has 0 spiro atoms. The average Bonchev–Trinajstić information content (AvgIpc) is 3.57. The number of anilines is 3. The quantitative estimate of drug-likeness (QED) is 0.367. The highest BCUT2D eigenvalue weighted by atomic mass is 79.9. The largest absolute Gasteiger partial charge is 0.497 e. The van der Waals surface area contributed by atoms with Crippen LogP contribution in [0.1, 0.15) is 12.0 Å². The number of aromatic nitrogens is 4. The van der Waals surface area contributed by atoms with E-state index >= 15 is 0 Å². The van der Waals surface area contributed by atoms with Crippen molar-refractivity contribution in [1.29, 1.82) is 0 Å². The van der Waals surface area contributed by atoms with Gasteiger partial charge in [0.15, 0.2) is 0 Å². The summed E-state index contributed by atoms with van der Waals surface area (Å²) in [5.74, 6) is 1.85. The van der Waals surface area contributed by atoms with Crippen molar-refractivity contribution in [1.82, 2.24) is 19.7 Å². The first-order valence-electron chi connectivity index (χ1n) is 11.2. The zero-order valence-corrected chi connectivity index (χ0v) is 20.3. The molecule has 0 radical (unpaired) electrons. The third kappa shape index (κ3) is 4.63. The standard InChI is InChI=1S/C24H26BrN7O2/c1-34-18-4-2-3-14(9-18)7-8-32-13-17(11-28-32)29-24-27-12-19(25)23(31-24)30-21-16-6-5-15(10-16)20(21)22(26)33/h2-6,9,11-13,15-16,20-21H,7-8,10H2,1H3,(H2,26,33)(H2,27,29,30,31)/t15-,16+,20+,21-/m1/s1. The number of rotatable bonds is 9. The summed E-state index contributed by atoms with van der Waals surface area (Å²) in [6, 6.07) is 7.94. The fourth-order valence-electron chi connectivity index (χ4n) is 4.84. The number of aryl methyl sites for hydroxylation is 2. The Kier molecular flexibility index (Phi) is 6.23. The number of carbonyl (C=O) groups is 1. The highest BCUT2D eigenvalue weighted by Gasteiger charge is 2.47. The number of amides is 1. The summed E-state index contributed by atoms with van der Waals surface area (Å²) in [4.78, 5) is 21.0. The van der Waals surface area contributed by atoms with Crippen LogP contribution in [0.3, 0.4) is 0 Å². The minimum atomic E-state index is -0.278. The highest BCUT2D eigenvalue weighted by molar-refractivity contribution is 9.10. The number of allylic oxidation sites excluding steroid dienone is 1. The van der Waals surface area contributed by atoms with Gasteiger partial charge in [-0.15, -0.1) is 0 Å². The summed E-state index contributed by atoms with van der Waals surface area (Å²) >= 11 is 3.52. The lowest BCUT2D eigenvalue weighted by molar-refractivity contribution is -0.122. The maximum Gasteiger partial charge on any atom is 0.229 e. The molecular weight excluding hydrogens is 498 g/mol. The Labute approximate surface area is 205 Å². The van der Waals surface area contributed by atoms with Crippen LogP contribution >= 0.6 is 15.9 Å². The average molecular weight is 524 g/mol. The molecule has 4 N–H and O–H groups in total. The molecule has 1 fully saturated rings. The molecule has 9 nitrogen and oxygen atoms in total. The molecule has 1 saturated carbocycles. The molecular formula is C24H26BrN7O2. The predicted molar refractivity (Wildman–Crippen MR) is 133 cm³/mol. The zero-order valence-electron chi connectivity index (χ0n) is 18.7. The smallest absolute Gasteiger partial charge is 0.229 e. The number of hydrogen-bond donors (Lipinski definition) is 3. The van der Waals surface area contributed by atoms with E-state index in [1.54, 1.807) is 19.5 Å². The molecule has 2 heterocycles. The molecule has 2 aliphatic carbocycles. The minimum absolute atomic E-state index is 0.0779. The van der Waals surface area contributed by atoms with Crippen LogP contribution < -0.4 is 21.1 Å². The normalized spacial score (nSPS) is 22.6. The molecule has 34 heavy (non-hydrogen) atoms.